The van der Waals surface area contributed by atoms with Crippen LogP contribution in [0.2, 0.25) is 5.02 Å². The number of aryl methyl sites for hydroxylation is 3. The van der Waals surface area contributed by atoms with Crippen molar-refractivity contribution in [1.82, 2.24) is 0 Å². The van der Waals surface area contributed by atoms with E-state index in [1.165, 1.54) is 0 Å². The molecule has 1 atom stereocenters. The fourth-order valence-electron chi connectivity index (χ4n) is 2.52. The van der Waals surface area contributed by atoms with E-state index < -0.39 is 6.10 Å². The lowest BCUT2D eigenvalue weighted by Crippen LogP contribution is -2.07. The zero-order chi connectivity index (χ0) is 14.9. The Hall–Kier alpha value is -1.51. The van der Waals surface area contributed by atoms with Crippen LogP contribution in [0.4, 0.5) is 0 Å². The Labute approximate surface area is 125 Å². The molecular formula is C17H19ClO2. The summed E-state index contributed by atoms with van der Waals surface area (Å²) in [5.41, 5.74) is 4.72. The standard InChI is InChI=1S/C17H19ClO2/c1-10-7-12(3)16(15(8-10)20-4)17(19)14-9-13(18)6-5-11(14)2/h5-9,17,19H,1-4H3. The topological polar surface area (TPSA) is 29.5 Å². The molecule has 3 heteroatoms. The molecule has 0 amide bonds. The third-order valence-corrected chi connectivity index (χ3v) is 3.76. The van der Waals surface area contributed by atoms with Crippen LogP contribution >= 0.6 is 11.6 Å². The minimum absolute atomic E-state index is 0.619. The third-order valence-electron chi connectivity index (χ3n) is 3.52. The first-order valence-corrected chi connectivity index (χ1v) is 6.91. The highest BCUT2D eigenvalue weighted by Crippen LogP contribution is 2.35. The predicted molar refractivity (Wildman–Crippen MR) is 82.7 cm³/mol. The first-order chi connectivity index (χ1) is 9.43. The number of halogens is 1. The normalized spacial score (nSPS) is 12.3. The van der Waals surface area contributed by atoms with E-state index in [4.69, 9.17) is 16.3 Å². The van der Waals surface area contributed by atoms with Gasteiger partial charge in [0.05, 0.1) is 7.11 Å². The van der Waals surface area contributed by atoms with Gasteiger partial charge in [0.2, 0.25) is 0 Å². The molecule has 0 fully saturated rings. The van der Waals surface area contributed by atoms with Crippen molar-refractivity contribution in [2.75, 3.05) is 7.11 Å². The predicted octanol–water partition coefficient (Wildman–Crippen LogP) is 4.36. The fourth-order valence-corrected chi connectivity index (χ4v) is 2.70. The van der Waals surface area contributed by atoms with Gasteiger partial charge in [-0.1, -0.05) is 23.7 Å². The smallest absolute Gasteiger partial charge is 0.125 e. The first kappa shape index (κ1) is 14.9. The van der Waals surface area contributed by atoms with Crippen molar-refractivity contribution >= 4 is 11.6 Å². The second kappa shape index (κ2) is 5.86. The van der Waals surface area contributed by atoms with Crippen molar-refractivity contribution in [2.45, 2.75) is 26.9 Å². The number of aliphatic hydroxyl groups is 1. The summed E-state index contributed by atoms with van der Waals surface area (Å²) in [6, 6.07) is 9.52. The molecule has 0 aliphatic rings. The Bertz CT molecular complexity index is 635. The number of benzene rings is 2. The lowest BCUT2D eigenvalue weighted by Gasteiger charge is -2.20. The molecule has 2 rings (SSSR count). The van der Waals surface area contributed by atoms with E-state index in [1.54, 1.807) is 13.2 Å². The Kier molecular flexibility index (Phi) is 4.36. The molecule has 1 N–H and O–H groups in total. The Morgan fingerprint density at radius 1 is 1.05 bits per heavy atom. The zero-order valence-corrected chi connectivity index (χ0v) is 13.0. The average Bonchev–Trinajstić information content (AvgIpc) is 2.40. The molecule has 0 aromatic heterocycles. The van der Waals surface area contributed by atoms with Crippen molar-refractivity contribution < 1.29 is 9.84 Å². The van der Waals surface area contributed by atoms with E-state index in [1.807, 2.05) is 45.0 Å². The lowest BCUT2D eigenvalue weighted by atomic mass is 9.92. The van der Waals surface area contributed by atoms with E-state index in [2.05, 4.69) is 0 Å². The Morgan fingerprint density at radius 3 is 2.40 bits per heavy atom. The molecule has 0 saturated carbocycles. The maximum Gasteiger partial charge on any atom is 0.125 e. The maximum absolute atomic E-state index is 10.7. The summed E-state index contributed by atoms with van der Waals surface area (Å²) in [5.74, 6) is 0.703. The fraction of sp³-hybridized carbons (Fsp3) is 0.294. The van der Waals surface area contributed by atoms with Crippen LogP contribution in [0.5, 0.6) is 5.75 Å². The summed E-state index contributed by atoms with van der Waals surface area (Å²) in [4.78, 5) is 0. The molecule has 0 heterocycles. The highest BCUT2D eigenvalue weighted by molar-refractivity contribution is 6.30. The van der Waals surface area contributed by atoms with Crippen molar-refractivity contribution in [2.24, 2.45) is 0 Å². The summed E-state index contributed by atoms with van der Waals surface area (Å²) in [6.45, 7) is 5.95. The SMILES string of the molecule is COc1cc(C)cc(C)c1C(O)c1cc(Cl)ccc1C. The summed E-state index contributed by atoms with van der Waals surface area (Å²) in [6.07, 6.45) is -0.746. The van der Waals surface area contributed by atoms with Gasteiger partial charge in [-0.2, -0.15) is 0 Å². The molecule has 0 aliphatic carbocycles. The molecule has 2 aromatic rings. The minimum Gasteiger partial charge on any atom is -0.496 e. The van der Waals surface area contributed by atoms with E-state index >= 15 is 0 Å². The molecule has 106 valence electrons. The van der Waals surface area contributed by atoms with Crippen molar-refractivity contribution in [3.63, 3.8) is 0 Å². The summed E-state index contributed by atoms with van der Waals surface area (Å²) >= 11 is 6.04. The van der Waals surface area contributed by atoms with Crippen LogP contribution in [0.15, 0.2) is 30.3 Å². The molecule has 0 bridgehead atoms. The van der Waals surface area contributed by atoms with Gasteiger partial charge >= 0.3 is 0 Å². The average molecular weight is 291 g/mol. The van der Waals surface area contributed by atoms with E-state index in [-0.39, 0.29) is 0 Å². The van der Waals surface area contributed by atoms with E-state index in [0.717, 1.165) is 27.8 Å². The molecule has 2 nitrogen and oxygen atoms in total. The number of ether oxygens (including phenoxy) is 1. The van der Waals surface area contributed by atoms with Crippen molar-refractivity contribution in [3.05, 3.63) is 63.2 Å². The lowest BCUT2D eigenvalue weighted by molar-refractivity contribution is 0.213. The quantitative estimate of drug-likeness (QED) is 0.910. The first-order valence-electron chi connectivity index (χ1n) is 6.53. The van der Waals surface area contributed by atoms with Crippen molar-refractivity contribution in [1.29, 1.82) is 0 Å². The van der Waals surface area contributed by atoms with Crippen LogP contribution < -0.4 is 4.74 Å². The molecule has 0 radical (unpaired) electrons. The number of rotatable bonds is 3. The highest BCUT2D eigenvalue weighted by Gasteiger charge is 2.20. The van der Waals surface area contributed by atoms with Crippen LogP contribution in [-0.4, -0.2) is 12.2 Å². The molecule has 20 heavy (non-hydrogen) atoms. The summed E-state index contributed by atoms with van der Waals surface area (Å²) < 4.78 is 5.43. The molecule has 1 unspecified atom stereocenters. The monoisotopic (exact) mass is 290 g/mol. The second-order valence-corrected chi connectivity index (χ2v) is 5.54. The Morgan fingerprint density at radius 2 is 1.75 bits per heavy atom. The molecule has 2 aromatic carbocycles. The zero-order valence-electron chi connectivity index (χ0n) is 12.2. The van der Waals surface area contributed by atoms with Gasteiger partial charge in [0.25, 0.3) is 0 Å². The summed E-state index contributed by atoms with van der Waals surface area (Å²) in [7, 11) is 1.62. The van der Waals surface area contributed by atoms with E-state index in [0.29, 0.717) is 10.8 Å². The Balaban J connectivity index is 2.58. The third kappa shape index (κ3) is 2.82. The van der Waals surface area contributed by atoms with Gasteiger partial charge in [0, 0.05) is 10.6 Å². The second-order valence-electron chi connectivity index (χ2n) is 5.10. The number of hydrogen-bond donors (Lipinski definition) is 1. The van der Waals surface area contributed by atoms with Crippen LogP contribution in [-0.2, 0) is 0 Å². The van der Waals surface area contributed by atoms with Gasteiger partial charge in [-0.05, 0) is 61.2 Å². The molecular weight excluding hydrogens is 272 g/mol. The van der Waals surface area contributed by atoms with Crippen LogP contribution in [0, 0.1) is 20.8 Å². The number of hydrogen-bond acceptors (Lipinski definition) is 2. The van der Waals surface area contributed by atoms with Gasteiger partial charge in [0.15, 0.2) is 0 Å². The van der Waals surface area contributed by atoms with E-state index in [9.17, 15) is 5.11 Å². The van der Waals surface area contributed by atoms with Crippen molar-refractivity contribution in [3.8, 4) is 5.75 Å². The largest absolute Gasteiger partial charge is 0.496 e. The van der Waals surface area contributed by atoms with Gasteiger partial charge in [0.1, 0.15) is 11.9 Å². The molecule has 0 aliphatic heterocycles. The molecule has 0 saturated heterocycles. The maximum atomic E-state index is 10.7. The van der Waals surface area contributed by atoms with Gasteiger partial charge < -0.3 is 9.84 Å². The van der Waals surface area contributed by atoms with Gasteiger partial charge in [-0.15, -0.1) is 0 Å². The van der Waals surface area contributed by atoms with Gasteiger partial charge in [-0.25, -0.2) is 0 Å². The number of methoxy groups -OCH3 is 1. The summed E-state index contributed by atoms with van der Waals surface area (Å²) in [5, 5.41) is 11.4. The van der Waals surface area contributed by atoms with Crippen LogP contribution in [0.3, 0.4) is 0 Å². The number of aliphatic hydroxyl groups excluding tert-OH is 1. The van der Waals surface area contributed by atoms with Gasteiger partial charge in [-0.3, -0.25) is 0 Å². The minimum atomic E-state index is -0.746. The van der Waals surface area contributed by atoms with Crippen LogP contribution in [0.1, 0.15) is 33.9 Å². The highest BCUT2D eigenvalue weighted by atomic mass is 35.5. The molecule has 0 spiro atoms. The van der Waals surface area contributed by atoms with Crippen LogP contribution in [0.25, 0.3) is 0 Å².